The van der Waals surface area contributed by atoms with Crippen LogP contribution in [0.5, 0.6) is 0 Å². The number of benzene rings is 1. The summed E-state index contributed by atoms with van der Waals surface area (Å²) in [5.41, 5.74) is 0. The highest BCUT2D eigenvalue weighted by atomic mass is 32.2. The molecule has 0 bridgehead atoms. The molecular weight excluding hydrogens is 308 g/mol. The van der Waals surface area contributed by atoms with Crippen LogP contribution in [-0.2, 0) is 10.0 Å². The third-order valence-corrected chi connectivity index (χ3v) is 7.75. The number of nitrogens with zero attached hydrogens (tertiary/aromatic N) is 2. The van der Waals surface area contributed by atoms with Crippen molar-refractivity contribution in [1.82, 2.24) is 9.21 Å². The predicted octanol–water partition coefficient (Wildman–Crippen LogP) is 2.43. The van der Waals surface area contributed by atoms with Gasteiger partial charge in [-0.2, -0.15) is 4.31 Å². The van der Waals surface area contributed by atoms with E-state index in [4.69, 9.17) is 0 Å². The fraction of sp³-hybridized carbons (Fsp3) is 0.667. The van der Waals surface area contributed by atoms with Gasteiger partial charge in [0.1, 0.15) is 0 Å². The van der Waals surface area contributed by atoms with Gasteiger partial charge in [0, 0.05) is 32.7 Å². The Bertz CT molecular complexity index is 626. The molecule has 0 spiro atoms. The molecule has 2 saturated heterocycles. The third-order valence-electron chi connectivity index (χ3n) is 5.90. The quantitative estimate of drug-likeness (QED) is 0.849. The second-order valence-electron chi connectivity index (χ2n) is 7.52. The molecule has 4 rings (SSSR count). The summed E-state index contributed by atoms with van der Waals surface area (Å²) in [5, 5.41) is 0. The van der Waals surface area contributed by atoms with E-state index in [0.717, 1.165) is 19.0 Å². The minimum atomic E-state index is -3.31. The van der Waals surface area contributed by atoms with Crippen molar-refractivity contribution in [2.24, 2.45) is 17.8 Å². The van der Waals surface area contributed by atoms with E-state index in [0.29, 0.717) is 29.8 Å². The van der Waals surface area contributed by atoms with Gasteiger partial charge in [-0.05, 0) is 42.7 Å². The largest absolute Gasteiger partial charge is 0.302 e. The summed E-state index contributed by atoms with van der Waals surface area (Å²) in [7, 11) is -3.31. The van der Waals surface area contributed by atoms with Gasteiger partial charge in [0.25, 0.3) is 0 Å². The number of fused-ring (bicyclic) bond motifs is 1. The standard InChI is InChI=1S/C18H26N2O2S/c21-23(22,18-8-2-1-3-9-18)20-13-16-11-19(12-17(16)14-20)10-15-6-4-5-7-15/h1-3,8-9,15-17H,4-7,10-14H2/t16-,17+. The van der Waals surface area contributed by atoms with Crippen LogP contribution in [0.2, 0.25) is 0 Å². The SMILES string of the molecule is O=S(=O)(c1ccccc1)N1C[C@H]2CN(CC3CCCC3)C[C@H]2C1. The average molecular weight is 334 g/mol. The summed E-state index contributed by atoms with van der Waals surface area (Å²) in [6.07, 6.45) is 5.57. The van der Waals surface area contributed by atoms with Crippen LogP contribution in [0, 0.1) is 17.8 Å². The lowest BCUT2D eigenvalue weighted by Gasteiger charge is -2.23. The average Bonchev–Trinajstić information content (AvgIpc) is 3.24. The number of hydrogen-bond donors (Lipinski definition) is 0. The van der Waals surface area contributed by atoms with Crippen LogP contribution in [0.4, 0.5) is 0 Å². The van der Waals surface area contributed by atoms with Crippen molar-refractivity contribution in [2.75, 3.05) is 32.7 Å². The highest BCUT2D eigenvalue weighted by molar-refractivity contribution is 7.89. The van der Waals surface area contributed by atoms with Crippen molar-refractivity contribution in [3.63, 3.8) is 0 Å². The highest BCUT2D eigenvalue weighted by Crippen LogP contribution is 2.35. The van der Waals surface area contributed by atoms with Crippen molar-refractivity contribution < 1.29 is 8.42 Å². The first kappa shape index (κ1) is 15.6. The molecule has 3 aliphatic rings. The van der Waals surface area contributed by atoms with Gasteiger partial charge in [0.2, 0.25) is 10.0 Å². The minimum Gasteiger partial charge on any atom is -0.302 e. The maximum Gasteiger partial charge on any atom is 0.243 e. The van der Waals surface area contributed by atoms with Crippen LogP contribution >= 0.6 is 0 Å². The zero-order valence-electron chi connectivity index (χ0n) is 13.6. The van der Waals surface area contributed by atoms with Crippen molar-refractivity contribution >= 4 is 10.0 Å². The van der Waals surface area contributed by atoms with Crippen LogP contribution in [0.1, 0.15) is 25.7 Å². The summed E-state index contributed by atoms with van der Waals surface area (Å²) in [6.45, 7) is 4.80. The highest BCUT2D eigenvalue weighted by Gasteiger charge is 2.44. The molecule has 1 aromatic carbocycles. The Balaban J connectivity index is 1.38. The molecule has 1 saturated carbocycles. The Hall–Kier alpha value is -0.910. The Kier molecular flexibility index (Phi) is 4.20. The van der Waals surface area contributed by atoms with Crippen LogP contribution in [-0.4, -0.2) is 50.3 Å². The van der Waals surface area contributed by atoms with E-state index in [1.807, 2.05) is 6.07 Å². The molecule has 0 amide bonds. The first-order valence-electron chi connectivity index (χ1n) is 8.90. The summed E-state index contributed by atoms with van der Waals surface area (Å²) < 4.78 is 27.2. The Morgan fingerprint density at radius 2 is 1.52 bits per heavy atom. The van der Waals surface area contributed by atoms with Crippen molar-refractivity contribution in [2.45, 2.75) is 30.6 Å². The van der Waals surface area contributed by atoms with E-state index in [2.05, 4.69) is 4.90 Å². The molecule has 0 unspecified atom stereocenters. The Labute approximate surface area is 139 Å². The molecule has 4 nitrogen and oxygen atoms in total. The number of rotatable bonds is 4. The Morgan fingerprint density at radius 1 is 0.913 bits per heavy atom. The molecule has 1 aliphatic carbocycles. The summed E-state index contributed by atoms with van der Waals surface area (Å²) in [5.74, 6) is 1.93. The fourth-order valence-corrected chi connectivity index (χ4v) is 6.27. The van der Waals surface area contributed by atoms with Crippen LogP contribution in [0.25, 0.3) is 0 Å². The van der Waals surface area contributed by atoms with Gasteiger partial charge in [-0.25, -0.2) is 8.42 Å². The number of sulfonamides is 1. The van der Waals surface area contributed by atoms with E-state index in [-0.39, 0.29) is 0 Å². The molecule has 23 heavy (non-hydrogen) atoms. The molecule has 5 heteroatoms. The second kappa shape index (κ2) is 6.19. The lowest BCUT2D eigenvalue weighted by molar-refractivity contribution is 0.253. The Morgan fingerprint density at radius 3 is 2.13 bits per heavy atom. The smallest absolute Gasteiger partial charge is 0.243 e. The topological polar surface area (TPSA) is 40.6 Å². The van der Waals surface area contributed by atoms with Gasteiger partial charge >= 0.3 is 0 Å². The molecule has 2 aliphatic heterocycles. The first-order valence-corrected chi connectivity index (χ1v) is 10.3. The molecule has 3 fully saturated rings. The predicted molar refractivity (Wildman–Crippen MR) is 90.6 cm³/mol. The van der Waals surface area contributed by atoms with E-state index < -0.39 is 10.0 Å². The van der Waals surface area contributed by atoms with Crippen molar-refractivity contribution in [1.29, 1.82) is 0 Å². The van der Waals surface area contributed by atoms with Crippen molar-refractivity contribution in [3.8, 4) is 0 Å². The summed E-state index contributed by atoms with van der Waals surface area (Å²) >= 11 is 0. The molecule has 0 radical (unpaired) electrons. The molecule has 1 aromatic rings. The minimum absolute atomic E-state index is 0.433. The monoisotopic (exact) mass is 334 g/mol. The lowest BCUT2D eigenvalue weighted by Crippen LogP contribution is -2.34. The summed E-state index contributed by atoms with van der Waals surface area (Å²) in [6, 6.07) is 8.87. The number of hydrogen-bond acceptors (Lipinski definition) is 3. The molecule has 0 aromatic heterocycles. The van der Waals surface area contributed by atoms with Crippen LogP contribution < -0.4 is 0 Å². The van der Waals surface area contributed by atoms with E-state index in [9.17, 15) is 8.42 Å². The normalized spacial score (nSPS) is 30.1. The zero-order chi connectivity index (χ0) is 15.9. The fourth-order valence-electron chi connectivity index (χ4n) is 4.69. The molecule has 0 N–H and O–H groups in total. The van der Waals surface area contributed by atoms with Crippen LogP contribution in [0.15, 0.2) is 35.2 Å². The van der Waals surface area contributed by atoms with Gasteiger partial charge in [-0.3, -0.25) is 0 Å². The maximum absolute atomic E-state index is 12.7. The van der Waals surface area contributed by atoms with Crippen molar-refractivity contribution in [3.05, 3.63) is 30.3 Å². The zero-order valence-corrected chi connectivity index (χ0v) is 14.4. The van der Waals surface area contributed by atoms with Gasteiger partial charge < -0.3 is 4.90 Å². The van der Waals surface area contributed by atoms with Gasteiger partial charge in [0.15, 0.2) is 0 Å². The van der Waals surface area contributed by atoms with Crippen LogP contribution in [0.3, 0.4) is 0 Å². The van der Waals surface area contributed by atoms with Gasteiger partial charge in [-0.15, -0.1) is 0 Å². The molecule has 126 valence electrons. The maximum atomic E-state index is 12.7. The molecule has 2 heterocycles. The van der Waals surface area contributed by atoms with E-state index >= 15 is 0 Å². The third kappa shape index (κ3) is 3.06. The van der Waals surface area contributed by atoms with Gasteiger partial charge in [0.05, 0.1) is 4.90 Å². The van der Waals surface area contributed by atoms with Gasteiger partial charge in [-0.1, -0.05) is 31.0 Å². The second-order valence-corrected chi connectivity index (χ2v) is 9.46. The first-order chi connectivity index (χ1) is 11.1. The lowest BCUT2D eigenvalue weighted by atomic mass is 10.0. The summed E-state index contributed by atoms with van der Waals surface area (Å²) in [4.78, 5) is 3.03. The molecular formula is C18H26N2O2S. The van der Waals surface area contributed by atoms with E-state index in [1.54, 1.807) is 28.6 Å². The van der Waals surface area contributed by atoms with E-state index in [1.165, 1.54) is 32.2 Å². The molecule has 2 atom stereocenters. The number of likely N-dealkylation sites (tertiary alicyclic amines) is 1.